The molecule has 0 spiro atoms. The zero-order valence-corrected chi connectivity index (χ0v) is 8.86. The van der Waals surface area contributed by atoms with Crippen molar-refractivity contribution in [3.63, 3.8) is 0 Å². The van der Waals surface area contributed by atoms with E-state index in [-0.39, 0.29) is 6.04 Å². The van der Waals surface area contributed by atoms with Gasteiger partial charge in [0.15, 0.2) is 0 Å². The number of nitrogens with one attached hydrogen (secondary N) is 2. The van der Waals surface area contributed by atoms with E-state index in [1.54, 1.807) is 12.4 Å². The van der Waals surface area contributed by atoms with Crippen LogP contribution < -0.4 is 5.32 Å². The van der Waals surface area contributed by atoms with Crippen LogP contribution in [0.2, 0.25) is 0 Å². The smallest absolute Gasteiger partial charge is 0.0652 e. The first kappa shape index (κ1) is 9.71. The molecule has 0 saturated carbocycles. The van der Waals surface area contributed by atoms with Crippen molar-refractivity contribution in [3.05, 3.63) is 42.0 Å². The Labute approximate surface area is 88.8 Å². The average molecular weight is 202 g/mol. The fraction of sp³-hybridized carbons (Fsp3) is 0.273. The molecule has 1 unspecified atom stereocenters. The van der Waals surface area contributed by atoms with Gasteiger partial charge in [-0.25, -0.2) is 0 Å². The Morgan fingerprint density at radius 2 is 2.20 bits per heavy atom. The summed E-state index contributed by atoms with van der Waals surface area (Å²) in [5.41, 5.74) is 3.31. The second-order valence-corrected chi connectivity index (χ2v) is 3.57. The van der Waals surface area contributed by atoms with E-state index in [1.807, 2.05) is 18.3 Å². The van der Waals surface area contributed by atoms with Gasteiger partial charge in [0, 0.05) is 12.4 Å². The summed E-state index contributed by atoms with van der Waals surface area (Å²) >= 11 is 0. The summed E-state index contributed by atoms with van der Waals surface area (Å²) in [6.45, 7) is 4.14. The Kier molecular flexibility index (Phi) is 2.67. The summed E-state index contributed by atoms with van der Waals surface area (Å²) in [6, 6.07) is 4.15. The lowest BCUT2D eigenvalue weighted by molar-refractivity contribution is 0.823. The summed E-state index contributed by atoms with van der Waals surface area (Å²) in [6.07, 6.45) is 5.38. The Morgan fingerprint density at radius 1 is 1.33 bits per heavy atom. The number of rotatable bonds is 3. The minimum absolute atomic E-state index is 0.204. The highest BCUT2D eigenvalue weighted by atomic mass is 15.1. The highest BCUT2D eigenvalue weighted by Crippen LogP contribution is 2.19. The van der Waals surface area contributed by atoms with Crippen LogP contribution in [-0.4, -0.2) is 15.2 Å². The molecule has 0 aromatic carbocycles. The molecule has 0 bridgehead atoms. The summed E-state index contributed by atoms with van der Waals surface area (Å²) in [5, 5.41) is 10.2. The quantitative estimate of drug-likeness (QED) is 0.802. The molecule has 2 heterocycles. The van der Waals surface area contributed by atoms with Crippen LogP contribution in [0.5, 0.6) is 0 Å². The molecule has 0 fully saturated rings. The second-order valence-electron chi connectivity index (χ2n) is 3.57. The van der Waals surface area contributed by atoms with Gasteiger partial charge < -0.3 is 5.32 Å². The molecule has 2 aromatic heterocycles. The molecule has 0 saturated heterocycles. The minimum atomic E-state index is 0.204. The number of pyridine rings is 1. The molecular formula is C11H14N4. The van der Waals surface area contributed by atoms with E-state index in [1.165, 1.54) is 5.56 Å². The molecule has 0 radical (unpaired) electrons. The normalized spacial score (nSPS) is 12.4. The third-order valence-corrected chi connectivity index (χ3v) is 2.40. The third-order valence-electron chi connectivity index (χ3n) is 2.40. The first-order valence-corrected chi connectivity index (χ1v) is 4.94. The lowest BCUT2D eigenvalue weighted by Gasteiger charge is -2.14. The zero-order valence-electron chi connectivity index (χ0n) is 8.86. The van der Waals surface area contributed by atoms with Crippen LogP contribution >= 0.6 is 0 Å². The fourth-order valence-electron chi connectivity index (χ4n) is 1.43. The number of hydrogen-bond acceptors (Lipinski definition) is 3. The predicted octanol–water partition coefficient (Wildman–Crippen LogP) is 2.29. The van der Waals surface area contributed by atoms with Gasteiger partial charge in [0.05, 0.1) is 23.6 Å². The number of hydrogen-bond donors (Lipinski definition) is 2. The largest absolute Gasteiger partial charge is 0.376 e. The van der Waals surface area contributed by atoms with Crippen molar-refractivity contribution in [3.8, 4) is 0 Å². The number of anilines is 1. The molecule has 1 atom stereocenters. The Balaban J connectivity index is 2.13. The van der Waals surface area contributed by atoms with Crippen LogP contribution in [0.1, 0.15) is 24.2 Å². The van der Waals surface area contributed by atoms with Crippen molar-refractivity contribution in [2.75, 3.05) is 5.32 Å². The highest BCUT2D eigenvalue weighted by molar-refractivity contribution is 5.49. The monoisotopic (exact) mass is 202 g/mol. The molecule has 2 aromatic rings. The van der Waals surface area contributed by atoms with Crippen LogP contribution in [-0.2, 0) is 0 Å². The fourth-order valence-corrected chi connectivity index (χ4v) is 1.43. The predicted molar refractivity (Wildman–Crippen MR) is 59.6 cm³/mol. The topological polar surface area (TPSA) is 53.6 Å². The number of aromatic nitrogens is 3. The van der Waals surface area contributed by atoms with Crippen LogP contribution in [0.3, 0.4) is 0 Å². The van der Waals surface area contributed by atoms with Gasteiger partial charge >= 0.3 is 0 Å². The molecule has 0 aliphatic carbocycles. The zero-order chi connectivity index (χ0) is 10.7. The average Bonchev–Trinajstić information content (AvgIpc) is 2.74. The molecule has 0 amide bonds. The maximum atomic E-state index is 4.09. The molecule has 4 nitrogen and oxygen atoms in total. The van der Waals surface area contributed by atoms with Crippen molar-refractivity contribution in [1.82, 2.24) is 15.2 Å². The Bertz CT molecular complexity index is 422. The van der Waals surface area contributed by atoms with Gasteiger partial charge in [-0.3, -0.25) is 10.1 Å². The van der Waals surface area contributed by atoms with E-state index < -0.39 is 0 Å². The Morgan fingerprint density at radius 3 is 2.87 bits per heavy atom. The van der Waals surface area contributed by atoms with Gasteiger partial charge in [-0.15, -0.1) is 0 Å². The minimum Gasteiger partial charge on any atom is -0.376 e. The maximum absolute atomic E-state index is 4.09. The van der Waals surface area contributed by atoms with Crippen molar-refractivity contribution in [1.29, 1.82) is 0 Å². The first-order chi connectivity index (χ1) is 7.27. The van der Waals surface area contributed by atoms with E-state index >= 15 is 0 Å². The lowest BCUT2D eigenvalue weighted by atomic mass is 10.2. The molecular weight excluding hydrogens is 188 g/mol. The van der Waals surface area contributed by atoms with E-state index in [4.69, 9.17) is 0 Å². The Hall–Kier alpha value is -1.84. The van der Waals surface area contributed by atoms with E-state index in [0.29, 0.717) is 0 Å². The molecule has 2 N–H and O–H groups in total. The summed E-state index contributed by atoms with van der Waals surface area (Å²) in [7, 11) is 0. The summed E-state index contributed by atoms with van der Waals surface area (Å²) in [4.78, 5) is 4.09. The number of nitrogens with zero attached hydrogens (tertiary/aromatic N) is 2. The molecule has 4 heteroatoms. The van der Waals surface area contributed by atoms with Crippen LogP contribution in [0.25, 0.3) is 0 Å². The molecule has 78 valence electrons. The molecule has 0 aliphatic heterocycles. The van der Waals surface area contributed by atoms with Crippen molar-refractivity contribution >= 4 is 5.69 Å². The van der Waals surface area contributed by atoms with Gasteiger partial charge in [-0.1, -0.05) is 0 Å². The number of aromatic amines is 1. The van der Waals surface area contributed by atoms with Gasteiger partial charge in [0.1, 0.15) is 0 Å². The van der Waals surface area contributed by atoms with E-state index in [9.17, 15) is 0 Å². The van der Waals surface area contributed by atoms with Gasteiger partial charge in [-0.2, -0.15) is 5.10 Å². The number of H-pyrrole nitrogens is 1. The molecule has 2 rings (SSSR count). The lowest BCUT2D eigenvalue weighted by Crippen LogP contribution is -2.08. The number of aryl methyl sites for hydroxylation is 1. The van der Waals surface area contributed by atoms with Gasteiger partial charge in [-0.05, 0) is 31.5 Å². The van der Waals surface area contributed by atoms with E-state index in [2.05, 4.69) is 34.3 Å². The first-order valence-electron chi connectivity index (χ1n) is 4.94. The van der Waals surface area contributed by atoms with Crippen LogP contribution in [0, 0.1) is 6.92 Å². The van der Waals surface area contributed by atoms with Crippen molar-refractivity contribution in [2.24, 2.45) is 0 Å². The van der Waals surface area contributed by atoms with Gasteiger partial charge in [0.25, 0.3) is 0 Å². The van der Waals surface area contributed by atoms with Crippen molar-refractivity contribution in [2.45, 2.75) is 19.9 Å². The van der Waals surface area contributed by atoms with Crippen molar-refractivity contribution < 1.29 is 0 Å². The summed E-state index contributed by atoms with van der Waals surface area (Å²) in [5.74, 6) is 0. The highest BCUT2D eigenvalue weighted by Gasteiger charge is 2.07. The third kappa shape index (κ3) is 2.15. The maximum Gasteiger partial charge on any atom is 0.0652 e. The molecule has 15 heavy (non-hydrogen) atoms. The van der Waals surface area contributed by atoms with Crippen LogP contribution in [0.15, 0.2) is 30.7 Å². The van der Waals surface area contributed by atoms with Gasteiger partial charge in [0.2, 0.25) is 0 Å². The summed E-state index contributed by atoms with van der Waals surface area (Å²) < 4.78 is 0. The van der Waals surface area contributed by atoms with Crippen LogP contribution in [0.4, 0.5) is 5.69 Å². The second kappa shape index (κ2) is 4.13. The standard InChI is InChI=1S/C11H14N4/c1-8-3-5-12-7-11(8)14-9(2)10-4-6-13-15-10/h3-7,9,14H,1-2H3,(H,13,15). The molecule has 0 aliphatic rings. The SMILES string of the molecule is Cc1ccncc1NC(C)c1ccn[nH]1. The van der Waals surface area contributed by atoms with E-state index in [0.717, 1.165) is 11.4 Å².